The highest BCUT2D eigenvalue weighted by Crippen LogP contribution is 2.16. The number of ether oxygens (including phenoxy) is 2. The minimum Gasteiger partial charge on any atom is -0.490 e. The van der Waals surface area contributed by atoms with Crippen LogP contribution in [0.2, 0.25) is 0 Å². The van der Waals surface area contributed by atoms with Gasteiger partial charge in [-0.3, -0.25) is 14.9 Å². The summed E-state index contributed by atoms with van der Waals surface area (Å²) in [6.45, 7) is 1.19. The summed E-state index contributed by atoms with van der Waals surface area (Å²) in [6.07, 6.45) is 0.722. The lowest BCUT2D eigenvalue weighted by Crippen LogP contribution is -2.35. The number of amides is 2. The summed E-state index contributed by atoms with van der Waals surface area (Å²) in [4.78, 5) is 25.6. The molecular weight excluding hydrogens is 510 g/mol. The number of para-hydroxylation sites is 2. The van der Waals surface area contributed by atoms with Gasteiger partial charge in [-0.05, 0) is 66.7 Å². The number of anilines is 1. The molecule has 7 nitrogen and oxygen atoms in total. The molecule has 8 heteroatoms. The molecule has 0 aromatic heterocycles. The van der Waals surface area contributed by atoms with E-state index in [-0.39, 0.29) is 11.0 Å². The Kier molecular flexibility index (Phi) is 10.0. The van der Waals surface area contributed by atoms with Crippen LogP contribution in [0.5, 0.6) is 11.5 Å². The van der Waals surface area contributed by atoms with Crippen LogP contribution in [0.15, 0.2) is 109 Å². The van der Waals surface area contributed by atoms with Crippen LogP contribution >= 0.6 is 12.2 Å². The second-order valence-electron chi connectivity index (χ2n) is 8.48. The maximum atomic E-state index is 12.8. The number of nitrogens with one attached hydrogen (secondary N) is 3. The molecule has 4 rings (SSSR count). The molecule has 0 radical (unpaired) electrons. The number of carbonyl (C=O) groups is 2. The number of benzene rings is 4. The zero-order valence-electron chi connectivity index (χ0n) is 21.3. The second kappa shape index (κ2) is 14.3. The molecular formula is C31H29N3O4S. The fourth-order valence-corrected chi connectivity index (χ4v) is 3.94. The molecule has 0 atom stereocenters. The largest absolute Gasteiger partial charge is 0.490 e. The van der Waals surface area contributed by atoms with E-state index in [1.807, 2.05) is 60.7 Å². The first-order valence-corrected chi connectivity index (χ1v) is 12.9. The summed E-state index contributed by atoms with van der Waals surface area (Å²) in [7, 11) is 0. The highest BCUT2D eigenvalue weighted by atomic mass is 32.1. The van der Waals surface area contributed by atoms with Crippen LogP contribution < -0.4 is 25.4 Å². The Hall–Kier alpha value is -4.69. The zero-order chi connectivity index (χ0) is 27.3. The van der Waals surface area contributed by atoms with Crippen molar-refractivity contribution in [3.8, 4) is 11.5 Å². The van der Waals surface area contributed by atoms with Gasteiger partial charge in [-0.1, -0.05) is 66.7 Å². The molecule has 3 N–H and O–H groups in total. The first-order chi connectivity index (χ1) is 19.1. The van der Waals surface area contributed by atoms with Crippen molar-refractivity contribution in [2.45, 2.75) is 6.42 Å². The predicted molar refractivity (Wildman–Crippen MR) is 156 cm³/mol. The van der Waals surface area contributed by atoms with Crippen molar-refractivity contribution < 1.29 is 19.1 Å². The van der Waals surface area contributed by atoms with Crippen molar-refractivity contribution in [3.05, 3.63) is 126 Å². The molecule has 0 heterocycles. The third-order valence-corrected chi connectivity index (χ3v) is 5.85. The van der Waals surface area contributed by atoms with Gasteiger partial charge in [0.05, 0.1) is 11.3 Å². The summed E-state index contributed by atoms with van der Waals surface area (Å²) in [5.41, 5.74) is 2.45. The Balaban J connectivity index is 1.27. The van der Waals surface area contributed by atoms with Crippen molar-refractivity contribution in [1.29, 1.82) is 0 Å². The van der Waals surface area contributed by atoms with Gasteiger partial charge >= 0.3 is 0 Å². The number of hydrogen-bond acceptors (Lipinski definition) is 5. The lowest BCUT2D eigenvalue weighted by molar-refractivity contribution is 0.0953. The van der Waals surface area contributed by atoms with E-state index >= 15 is 0 Å². The van der Waals surface area contributed by atoms with Crippen LogP contribution in [0, 0.1) is 0 Å². The van der Waals surface area contributed by atoms with Crippen molar-refractivity contribution in [2.24, 2.45) is 0 Å². The van der Waals surface area contributed by atoms with E-state index in [9.17, 15) is 9.59 Å². The molecule has 0 saturated heterocycles. The summed E-state index contributed by atoms with van der Waals surface area (Å²) in [5, 5.41) is 8.63. The van der Waals surface area contributed by atoms with Crippen molar-refractivity contribution in [1.82, 2.24) is 10.6 Å². The summed E-state index contributed by atoms with van der Waals surface area (Å²) in [6, 6.07) is 33.2. The predicted octanol–water partition coefficient (Wildman–Crippen LogP) is 5.24. The molecule has 0 bridgehead atoms. The van der Waals surface area contributed by atoms with Crippen molar-refractivity contribution >= 4 is 34.8 Å². The highest BCUT2D eigenvalue weighted by Gasteiger charge is 2.14. The zero-order valence-corrected chi connectivity index (χ0v) is 22.1. The molecule has 0 saturated carbocycles. The van der Waals surface area contributed by atoms with E-state index in [0.29, 0.717) is 42.3 Å². The molecule has 198 valence electrons. The number of rotatable bonds is 11. The average molecular weight is 540 g/mol. The Bertz CT molecular complexity index is 1400. The molecule has 4 aromatic carbocycles. The first kappa shape index (κ1) is 27.3. The normalized spacial score (nSPS) is 10.3. The van der Waals surface area contributed by atoms with E-state index in [0.717, 1.165) is 17.7 Å². The molecule has 0 aliphatic heterocycles. The SMILES string of the molecule is O=C(NC(=S)Nc1ccccc1C(=O)NCCc1ccccc1)c1cccc(OCCOc2ccccc2)c1. The molecule has 0 fully saturated rings. The van der Waals surface area contributed by atoms with Gasteiger partial charge in [0.2, 0.25) is 0 Å². The van der Waals surface area contributed by atoms with Crippen LogP contribution in [-0.2, 0) is 6.42 Å². The minimum absolute atomic E-state index is 0.0760. The van der Waals surface area contributed by atoms with Crippen molar-refractivity contribution in [3.63, 3.8) is 0 Å². The summed E-state index contributed by atoms with van der Waals surface area (Å²) in [5.74, 6) is 0.671. The maximum absolute atomic E-state index is 12.8. The average Bonchev–Trinajstić information content (AvgIpc) is 2.97. The third kappa shape index (κ3) is 8.69. The molecule has 0 aliphatic rings. The molecule has 39 heavy (non-hydrogen) atoms. The van der Waals surface area contributed by atoms with E-state index in [4.69, 9.17) is 21.7 Å². The first-order valence-electron chi connectivity index (χ1n) is 12.5. The Morgan fingerprint density at radius 1 is 0.692 bits per heavy atom. The lowest BCUT2D eigenvalue weighted by Gasteiger charge is -2.14. The van der Waals surface area contributed by atoms with E-state index < -0.39 is 5.91 Å². The van der Waals surface area contributed by atoms with E-state index in [2.05, 4.69) is 16.0 Å². The smallest absolute Gasteiger partial charge is 0.257 e. The van der Waals surface area contributed by atoms with E-state index in [1.165, 1.54) is 0 Å². The van der Waals surface area contributed by atoms with Crippen LogP contribution in [0.4, 0.5) is 5.69 Å². The quantitative estimate of drug-likeness (QED) is 0.178. The van der Waals surface area contributed by atoms with Gasteiger partial charge in [0, 0.05) is 12.1 Å². The van der Waals surface area contributed by atoms with Gasteiger partial charge in [0.25, 0.3) is 11.8 Å². The van der Waals surface area contributed by atoms with Gasteiger partial charge in [-0.25, -0.2) is 0 Å². The van der Waals surface area contributed by atoms with Crippen LogP contribution in [0.3, 0.4) is 0 Å². The number of carbonyl (C=O) groups excluding carboxylic acids is 2. The van der Waals surface area contributed by atoms with Gasteiger partial charge in [0.15, 0.2) is 5.11 Å². The standard InChI is InChI=1S/C31H29N3O4S/c35-29(24-12-9-15-26(22-24)38-21-20-37-25-13-5-2-6-14-25)34-31(39)33-28-17-8-7-16-27(28)30(36)32-19-18-23-10-3-1-4-11-23/h1-17,22H,18-21H2,(H,32,36)(H2,33,34,35,39). The molecule has 0 aliphatic carbocycles. The highest BCUT2D eigenvalue weighted by molar-refractivity contribution is 7.80. The number of thiocarbonyl (C=S) groups is 1. The molecule has 2 amide bonds. The fraction of sp³-hybridized carbons (Fsp3) is 0.129. The second-order valence-corrected chi connectivity index (χ2v) is 8.89. The topological polar surface area (TPSA) is 88.7 Å². The van der Waals surface area contributed by atoms with Crippen LogP contribution in [-0.4, -0.2) is 36.7 Å². The minimum atomic E-state index is -0.400. The monoisotopic (exact) mass is 539 g/mol. The summed E-state index contributed by atoms with van der Waals surface area (Å²) < 4.78 is 11.3. The molecule has 0 unspecified atom stereocenters. The van der Waals surface area contributed by atoms with Gasteiger partial charge in [-0.15, -0.1) is 0 Å². The van der Waals surface area contributed by atoms with Gasteiger partial charge in [-0.2, -0.15) is 0 Å². The van der Waals surface area contributed by atoms with E-state index in [1.54, 1.807) is 48.5 Å². The maximum Gasteiger partial charge on any atom is 0.257 e. The Morgan fingerprint density at radius 3 is 2.10 bits per heavy atom. The number of hydrogen-bond donors (Lipinski definition) is 3. The Labute approximate surface area is 233 Å². The summed E-state index contributed by atoms with van der Waals surface area (Å²) >= 11 is 5.35. The fourth-order valence-electron chi connectivity index (χ4n) is 3.74. The van der Waals surface area contributed by atoms with Gasteiger partial charge in [0.1, 0.15) is 24.7 Å². The molecule has 4 aromatic rings. The van der Waals surface area contributed by atoms with Crippen molar-refractivity contribution in [2.75, 3.05) is 25.1 Å². The van der Waals surface area contributed by atoms with Crippen LogP contribution in [0.1, 0.15) is 26.3 Å². The third-order valence-electron chi connectivity index (χ3n) is 5.65. The van der Waals surface area contributed by atoms with Gasteiger partial charge < -0.3 is 20.1 Å². The van der Waals surface area contributed by atoms with Crippen LogP contribution in [0.25, 0.3) is 0 Å². The Morgan fingerprint density at radius 2 is 1.33 bits per heavy atom. The molecule has 0 spiro atoms. The lowest BCUT2D eigenvalue weighted by atomic mass is 10.1.